The summed E-state index contributed by atoms with van der Waals surface area (Å²) in [5.74, 6) is 0.812. The van der Waals surface area contributed by atoms with Gasteiger partial charge in [0.15, 0.2) is 0 Å². The van der Waals surface area contributed by atoms with Crippen LogP contribution < -0.4 is 4.74 Å². The van der Waals surface area contributed by atoms with Crippen molar-refractivity contribution < 1.29 is 9.84 Å². The van der Waals surface area contributed by atoms with Gasteiger partial charge in [-0.2, -0.15) is 0 Å². The van der Waals surface area contributed by atoms with Crippen molar-refractivity contribution in [3.8, 4) is 5.75 Å². The minimum absolute atomic E-state index is 0.0970. The molecule has 2 nitrogen and oxygen atoms in total. The second-order valence-corrected chi connectivity index (χ2v) is 4.80. The minimum atomic E-state index is -0.283. The van der Waals surface area contributed by atoms with Gasteiger partial charge in [0, 0.05) is 15.5 Å². The Morgan fingerprint density at radius 3 is 2.57 bits per heavy atom. The first-order chi connectivity index (χ1) is 6.51. The van der Waals surface area contributed by atoms with Crippen LogP contribution in [0.4, 0.5) is 0 Å². The number of hydrogen-bond donors (Lipinski definition) is 1. The van der Waals surface area contributed by atoms with Crippen LogP contribution in [0, 0.1) is 0 Å². The van der Waals surface area contributed by atoms with Gasteiger partial charge in [0.2, 0.25) is 0 Å². The number of methoxy groups -OCH3 is 1. The highest BCUT2D eigenvalue weighted by atomic mass is 79.9. The van der Waals surface area contributed by atoms with Crippen molar-refractivity contribution in [2.45, 2.75) is 19.3 Å². The fraction of sp³-hybridized carbons (Fsp3) is 0.455. The Hall–Kier alpha value is -0.540. The average molecular weight is 259 g/mol. The van der Waals surface area contributed by atoms with E-state index in [4.69, 9.17) is 4.74 Å². The molecule has 78 valence electrons. The minimum Gasteiger partial charge on any atom is -0.496 e. The summed E-state index contributed by atoms with van der Waals surface area (Å²) >= 11 is 3.41. The molecule has 1 rings (SSSR count). The summed E-state index contributed by atoms with van der Waals surface area (Å²) < 4.78 is 6.25. The maximum absolute atomic E-state index is 9.29. The molecule has 1 N–H and O–H groups in total. The van der Waals surface area contributed by atoms with Crippen molar-refractivity contribution in [3.05, 3.63) is 28.2 Å². The van der Waals surface area contributed by atoms with Crippen LogP contribution in [-0.4, -0.2) is 18.8 Å². The molecule has 0 spiro atoms. The molecule has 0 unspecified atom stereocenters. The Morgan fingerprint density at radius 1 is 1.43 bits per heavy atom. The van der Waals surface area contributed by atoms with E-state index < -0.39 is 0 Å². The third-order valence-electron chi connectivity index (χ3n) is 2.29. The first-order valence-corrected chi connectivity index (χ1v) is 5.25. The Balaban J connectivity index is 3.23. The number of rotatable bonds is 3. The molecule has 0 amide bonds. The molecule has 0 aromatic heterocycles. The van der Waals surface area contributed by atoms with Crippen LogP contribution in [0.25, 0.3) is 0 Å². The zero-order valence-electron chi connectivity index (χ0n) is 8.67. The van der Waals surface area contributed by atoms with E-state index >= 15 is 0 Å². The Kier molecular flexibility index (Phi) is 3.56. The summed E-state index contributed by atoms with van der Waals surface area (Å²) in [4.78, 5) is 0. The second-order valence-electron chi connectivity index (χ2n) is 3.89. The van der Waals surface area contributed by atoms with Crippen LogP contribution in [0.1, 0.15) is 19.4 Å². The summed E-state index contributed by atoms with van der Waals surface area (Å²) in [6.45, 7) is 4.06. The van der Waals surface area contributed by atoms with Gasteiger partial charge in [-0.1, -0.05) is 29.8 Å². The number of aliphatic hydroxyl groups is 1. The summed E-state index contributed by atoms with van der Waals surface area (Å²) in [5, 5.41) is 9.29. The lowest BCUT2D eigenvalue weighted by atomic mass is 9.85. The van der Waals surface area contributed by atoms with Crippen molar-refractivity contribution in [2.75, 3.05) is 13.7 Å². The van der Waals surface area contributed by atoms with E-state index in [-0.39, 0.29) is 12.0 Å². The lowest BCUT2D eigenvalue weighted by Crippen LogP contribution is -2.22. The van der Waals surface area contributed by atoms with Crippen LogP contribution in [0.2, 0.25) is 0 Å². The highest BCUT2D eigenvalue weighted by molar-refractivity contribution is 9.10. The van der Waals surface area contributed by atoms with Gasteiger partial charge in [0.05, 0.1) is 13.7 Å². The zero-order valence-corrected chi connectivity index (χ0v) is 10.3. The summed E-state index contributed by atoms with van der Waals surface area (Å²) in [5.41, 5.74) is 0.728. The van der Waals surface area contributed by atoms with Crippen molar-refractivity contribution in [1.82, 2.24) is 0 Å². The third kappa shape index (κ3) is 2.28. The van der Waals surface area contributed by atoms with E-state index in [1.807, 2.05) is 32.0 Å². The van der Waals surface area contributed by atoms with Gasteiger partial charge in [-0.3, -0.25) is 0 Å². The molecule has 0 atom stereocenters. The summed E-state index contributed by atoms with van der Waals surface area (Å²) in [7, 11) is 1.64. The quantitative estimate of drug-likeness (QED) is 0.904. The largest absolute Gasteiger partial charge is 0.496 e. The second kappa shape index (κ2) is 4.32. The molecule has 3 heteroatoms. The summed E-state index contributed by atoms with van der Waals surface area (Å²) in [6, 6.07) is 5.81. The van der Waals surface area contributed by atoms with E-state index in [0.29, 0.717) is 0 Å². The smallest absolute Gasteiger partial charge is 0.122 e. The number of benzene rings is 1. The van der Waals surface area contributed by atoms with Gasteiger partial charge in [0.1, 0.15) is 5.75 Å². The maximum Gasteiger partial charge on any atom is 0.122 e. The first kappa shape index (κ1) is 11.5. The molecule has 1 aromatic carbocycles. The first-order valence-electron chi connectivity index (χ1n) is 4.46. The molecule has 0 saturated heterocycles. The zero-order chi connectivity index (χ0) is 10.8. The topological polar surface area (TPSA) is 29.5 Å². The molecule has 0 aliphatic heterocycles. The Bertz CT molecular complexity index is 321. The maximum atomic E-state index is 9.29. The molecule has 14 heavy (non-hydrogen) atoms. The average Bonchev–Trinajstić information content (AvgIpc) is 2.18. The molecule has 0 bridgehead atoms. The van der Waals surface area contributed by atoms with E-state index in [1.54, 1.807) is 7.11 Å². The van der Waals surface area contributed by atoms with Gasteiger partial charge >= 0.3 is 0 Å². The normalized spacial score (nSPS) is 11.5. The van der Waals surface area contributed by atoms with Crippen LogP contribution in [0.3, 0.4) is 0 Å². The van der Waals surface area contributed by atoms with E-state index in [1.165, 1.54) is 0 Å². The van der Waals surface area contributed by atoms with Gasteiger partial charge < -0.3 is 9.84 Å². The SMILES string of the molecule is COc1ccc(Br)cc1C(C)(C)CO. The molecular weight excluding hydrogens is 244 g/mol. The molecule has 0 saturated carbocycles. The molecule has 0 radical (unpaired) electrons. The van der Waals surface area contributed by atoms with Gasteiger partial charge in [-0.15, -0.1) is 0 Å². The van der Waals surface area contributed by atoms with Crippen molar-refractivity contribution >= 4 is 15.9 Å². The predicted molar refractivity (Wildman–Crippen MR) is 60.8 cm³/mol. The standard InChI is InChI=1S/C11H15BrO2/c1-11(2,7-13)9-6-8(12)4-5-10(9)14-3/h4-6,13H,7H2,1-3H3. The lowest BCUT2D eigenvalue weighted by Gasteiger charge is -2.24. The van der Waals surface area contributed by atoms with Crippen LogP contribution in [0.15, 0.2) is 22.7 Å². The number of halogens is 1. The molecular formula is C11H15BrO2. The van der Waals surface area contributed by atoms with Gasteiger partial charge in [-0.25, -0.2) is 0 Å². The Labute approximate surface area is 93.0 Å². The van der Waals surface area contributed by atoms with Gasteiger partial charge in [-0.05, 0) is 18.2 Å². The van der Waals surface area contributed by atoms with Crippen LogP contribution in [-0.2, 0) is 5.41 Å². The van der Waals surface area contributed by atoms with E-state index in [9.17, 15) is 5.11 Å². The fourth-order valence-electron chi connectivity index (χ4n) is 1.29. The molecule has 0 heterocycles. The Morgan fingerprint density at radius 2 is 2.07 bits per heavy atom. The molecule has 0 fully saturated rings. The van der Waals surface area contributed by atoms with Crippen LogP contribution in [0.5, 0.6) is 5.75 Å². The van der Waals surface area contributed by atoms with E-state index in [0.717, 1.165) is 15.8 Å². The van der Waals surface area contributed by atoms with Crippen LogP contribution >= 0.6 is 15.9 Å². The lowest BCUT2D eigenvalue weighted by molar-refractivity contribution is 0.215. The highest BCUT2D eigenvalue weighted by Crippen LogP contribution is 2.33. The highest BCUT2D eigenvalue weighted by Gasteiger charge is 2.23. The number of hydrogen-bond acceptors (Lipinski definition) is 2. The monoisotopic (exact) mass is 258 g/mol. The van der Waals surface area contributed by atoms with E-state index in [2.05, 4.69) is 15.9 Å². The van der Waals surface area contributed by atoms with Crippen molar-refractivity contribution in [1.29, 1.82) is 0 Å². The summed E-state index contributed by atoms with van der Waals surface area (Å²) in [6.07, 6.45) is 0. The molecule has 1 aromatic rings. The number of aliphatic hydroxyl groups excluding tert-OH is 1. The fourth-order valence-corrected chi connectivity index (χ4v) is 1.66. The van der Waals surface area contributed by atoms with Crippen molar-refractivity contribution in [2.24, 2.45) is 0 Å². The molecule has 0 aliphatic rings. The molecule has 0 aliphatic carbocycles. The third-order valence-corrected chi connectivity index (χ3v) is 2.78. The van der Waals surface area contributed by atoms with Crippen molar-refractivity contribution in [3.63, 3.8) is 0 Å². The van der Waals surface area contributed by atoms with Gasteiger partial charge in [0.25, 0.3) is 0 Å². The number of ether oxygens (including phenoxy) is 1. The predicted octanol–water partition coefficient (Wildman–Crippen LogP) is 2.73.